The SMILES string of the molecule is CCCc1nc(NC)cc(Nc2ccc(Br)cc2)n1. The van der Waals surface area contributed by atoms with Crippen LogP contribution in [0.4, 0.5) is 17.3 Å². The lowest BCUT2D eigenvalue weighted by atomic mass is 10.3. The summed E-state index contributed by atoms with van der Waals surface area (Å²) in [5.41, 5.74) is 1.01. The predicted molar refractivity (Wildman–Crippen MR) is 83.0 cm³/mol. The highest BCUT2D eigenvalue weighted by atomic mass is 79.9. The van der Waals surface area contributed by atoms with Gasteiger partial charge in [0.15, 0.2) is 0 Å². The molecule has 0 saturated heterocycles. The van der Waals surface area contributed by atoms with Gasteiger partial charge in [-0.15, -0.1) is 0 Å². The zero-order valence-corrected chi connectivity index (χ0v) is 12.7. The Hall–Kier alpha value is -1.62. The molecule has 2 aromatic rings. The highest BCUT2D eigenvalue weighted by molar-refractivity contribution is 9.10. The summed E-state index contributed by atoms with van der Waals surface area (Å²) >= 11 is 3.42. The van der Waals surface area contributed by atoms with E-state index in [1.165, 1.54) is 0 Å². The summed E-state index contributed by atoms with van der Waals surface area (Å²) in [5.74, 6) is 2.50. The fourth-order valence-corrected chi connectivity index (χ4v) is 1.97. The van der Waals surface area contributed by atoms with Crippen LogP contribution in [-0.2, 0) is 6.42 Å². The fraction of sp³-hybridized carbons (Fsp3) is 0.286. The number of rotatable bonds is 5. The lowest BCUT2D eigenvalue weighted by Crippen LogP contribution is -2.03. The molecule has 0 unspecified atom stereocenters. The van der Waals surface area contributed by atoms with Gasteiger partial charge in [-0.1, -0.05) is 22.9 Å². The zero-order chi connectivity index (χ0) is 13.7. The first-order valence-electron chi connectivity index (χ1n) is 6.29. The summed E-state index contributed by atoms with van der Waals surface area (Å²) < 4.78 is 1.06. The molecule has 19 heavy (non-hydrogen) atoms. The van der Waals surface area contributed by atoms with Crippen LogP contribution in [0, 0.1) is 0 Å². The van der Waals surface area contributed by atoms with Gasteiger partial charge in [0.2, 0.25) is 0 Å². The van der Waals surface area contributed by atoms with Crippen molar-refractivity contribution in [1.82, 2.24) is 9.97 Å². The molecule has 0 saturated carbocycles. The third kappa shape index (κ3) is 3.92. The van der Waals surface area contributed by atoms with Crippen LogP contribution in [-0.4, -0.2) is 17.0 Å². The molecule has 0 aliphatic heterocycles. The van der Waals surface area contributed by atoms with Crippen molar-refractivity contribution >= 4 is 33.3 Å². The molecular weight excluding hydrogens is 304 g/mol. The van der Waals surface area contributed by atoms with E-state index in [1.54, 1.807) is 0 Å². The van der Waals surface area contributed by atoms with Crippen molar-refractivity contribution in [2.24, 2.45) is 0 Å². The predicted octanol–water partition coefficient (Wildman–Crippen LogP) is 3.98. The van der Waals surface area contributed by atoms with E-state index in [2.05, 4.69) is 43.5 Å². The van der Waals surface area contributed by atoms with Gasteiger partial charge in [0.05, 0.1) is 0 Å². The van der Waals surface area contributed by atoms with E-state index in [0.29, 0.717) is 0 Å². The summed E-state index contributed by atoms with van der Waals surface area (Å²) in [5, 5.41) is 6.36. The average Bonchev–Trinajstić information content (AvgIpc) is 2.41. The quantitative estimate of drug-likeness (QED) is 0.875. The van der Waals surface area contributed by atoms with E-state index in [4.69, 9.17) is 0 Å². The minimum atomic E-state index is 0.810. The molecule has 0 spiro atoms. The minimum absolute atomic E-state index is 0.810. The van der Waals surface area contributed by atoms with Gasteiger partial charge in [0.25, 0.3) is 0 Å². The van der Waals surface area contributed by atoms with Crippen molar-refractivity contribution < 1.29 is 0 Å². The van der Waals surface area contributed by atoms with Gasteiger partial charge in [0.1, 0.15) is 17.5 Å². The maximum absolute atomic E-state index is 4.51. The van der Waals surface area contributed by atoms with Gasteiger partial charge in [-0.2, -0.15) is 0 Å². The van der Waals surface area contributed by atoms with Crippen molar-refractivity contribution in [1.29, 1.82) is 0 Å². The number of nitrogens with one attached hydrogen (secondary N) is 2. The highest BCUT2D eigenvalue weighted by Crippen LogP contribution is 2.20. The van der Waals surface area contributed by atoms with Crippen molar-refractivity contribution in [2.45, 2.75) is 19.8 Å². The zero-order valence-electron chi connectivity index (χ0n) is 11.1. The van der Waals surface area contributed by atoms with E-state index in [9.17, 15) is 0 Å². The van der Waals surface area contributed by atoms with Gasteiger partial charge >= 0.3 is 0 Å². The molecule has 2 rings (SSSR count). The van der Waals surface area contributed by atoms with Crippen LogP contribution < -0.4 is 10.6 Å². The van der Waals surface area contributed by atoms with Gasteiger partial charge in [-0.25, -0.2) is 9.97 Å². The van der Waals surface area contributed by atoms with Gasteiger partial charge in [0, 0.05) is 29.7 Å². The monoisotopic (exact) mass is 320 g/mol. The summed E-state index contributed by atoms with van der Waals surface area (Å²) in [7, 11) is 1.86. The van der Waals surface area contributed by atoms with Crippen LogP contribution >= 0.6 is 15.9 Å². The third-order valence-electron chi connectivity index (χ3n) is 2.62. The second kappa shape index (κ2) is 6.52. The molecule has 0 bridgehead atoms. The van der Waals surface area contributed by atoms with Crippen LogP contribution in [0.5, 0.6) is 0 Å². The summed E-state index contributed by atoms with van der Waals surface area (Å²) in [6, 6.07) is 9.90. The average molecular weight is 321 g/mol. The Bertz CT molecular complexity index is 540. The van der Waals surface area contributed by atoms with E-state index in [0.717, 1.165) is 40.5 Å². The molecule has 0 amide bonds. The molecule has 100 valence electrons. The Kier molecular flexibility index (Phi) is 4.74. The normalized spacial score (nSPS) is 10.3. The molecule has 5 heteroatoms. The first kappa shape index (κ1) is 13.8. The lowest BCUT2D eigenvalue weighted by molar-refractivity contribution is 0.838. The highest BCUT2D eigenvalue weighted by Gasteiger charge is 2.03. The topological polar surface area (TPSA) is 49.8 Å². The van der Waals surface area contributed by atoms with Crippen LogP contribution in [0.25, 0.3) is 0 Å². The molecule has 2 N–H and O–H groups in total. The Morgan fingerprint density at radius 1 is 1.11 bits per heavy atom. The van der Waals surface area contributed by atoms with Crippen LogP contribution in [0.15, 0.2) is 34.8 Å². The van der Waals surface area contributed by atoms with E-state index >= 15 is 0 Å². The fourth-order valence-electron chi connectivity index (χ4n) is 1.71. The number of anilines is 3. The van der Waals surface area contributed by atoms with Crippen LogP contribution in [0.2, 0.25) is 0 Å². The second-order valence-corrected chi connectivity index (χ2v) is 5.10. The molecule has 4 nitrogen and oxygen atoms in total. The number of halogens is 1. The van der Waals surface area contributed by atoms with Crippen LogP contribution in [0.1, 0.15) is 19.2 Å². The smallest absolute Gasteiger partial charge is 0.136 e. The first-order valence-corrected chi connectivity index (χ1v) is 7.09. The van der Waals surface area contributed by atoms with Gasteiger partial charge in [-0.3, -0.25) is 0 Å². The van der Waals surface area contributed by atoms with Gasteiger partial charge in [-0.05, 0) is 30.7 Å². The maximum Gasteiger partial charge on any atom is 0.136 e. The van der Waals surface area contributed by atoms with Crippen LogP contribution in [0.3, 0.4) is 0 Å². The van der Waals surface area contributed by atoms with E-state index in [-0.39, 0.29) is 0 Å². The molecule has 0 radical (unpaired) electrons. The van der Waals surface area contributed by atoms with E-state index in [1.807, 2.05) is 37.4 Å². The number of hydrogen-bond acceptors (Lipinski definition) is 4. The standard InChI is InChI=1S/C14H17BrN4/c1-3-4-12-18-13(16-2)9-14(19-12)17-11-7-5-10(15)6-8-11/h5-9H,3-4H2,1-2H3,(H2,16,17,18,19). The maximum atomic E-state index is 4.51. The molecule has 0 atom stereocenters. The van der Waals surface area contributed by atoms with Crippen molar-refractivity contribution in [3.63, 3.8) is 0 Å². The van der Waals surface area contributed by atoms with Gasteiger partial charge < -0.3 is 10.6 Å². The molecule has 0 aliphatic rings. The van der Waals surface area contributed by atoms with E-state index < -0.39 is 0 Å². The Labute approximate surface area is 121 Å². The summed E-state index contributed by atoms with van der Waals surface area (Å²) in [6.07, 6.45) is 1.91. The third-order valence-corrected chi connectivity index (χ3v) is 3.15. The second-order valence-electron chi connectivity index (χ2n) is 4.19. The lowest BCUT2D eigenvalue weighted by Gasteiger charge is -2.09. The minimum Gasteiger partial charge on any atom is -0.373 e. The Balaban J connectivity index is 2.23. The van der Waals surface area contributed by atoms with Crippen molar-refractivity contribution in [3.05, 3.63) is 40.6 Å². The molecule has 0 aliphatic carbocycles. The summed E-state index contributed by atoms with van der Waals surface area (Å²) in [6.45, 7) is 2.12. The Morgan fingerprint density at radius 2 is 1.79 bits per heavy atom. The van der Waals surface area contributed by atoms with Crippen molar-refractivity contribution in [3.8, 4) is 0 Å². The number of hydrogen-bond donors (Lipinski definition) is 2. The number of aromatic nitrogens is 2. The molecular formula is C14H17BrN4. The largest absolute Gasteiger partial charge is 0.373 e. The summed E-state index contributed by atoms with van der Waals surface area (Å²) in [4.78, 5) is 8.94. The number of aryl methyl sites for hydroxylation is 1. The van der Waals surface area contributed by atoms with Crippen molar-refractivity contribution in [2.75, 3.05) is 17.7 Å². The molecule has 0 fully saturated rings. The Morgan fingerprint density at radius 3 is 2.42 bits per heavy atom. The first-order chi connectivity index (χ1) is 9.21. The number of nitrogens with zero attached hydrogens (tertiary/aromatic N) is 2. The molecule has 1 aromatic carbocycles. The molecule has 1 heterocycles. The molecule has 1 aromatic heterocycles. The number of benzene rings is 1.